The van der Waals surface area contributed by atoms with Gasteiger partial charge in [-0.25, -0.2) is 9.59 Å². The van der Waals surface area contributed by atoms with Crippen LogP contribution in [0.5, 0.6) is 0 Å². The fraction of sp³-hybridized carbons (Fsp3) is 0.913. The van der Waals surface area contributed by atoms with Crippen LogP contribution in [0.15, 0.2) is 0 Å². The van der Waals surface area contributed by atoms with E-state index in [1.54, 1.807) is 0 Å². The van der Waals surface area contributed by atoms with E-state index in [-0.39, 0.29) is 12.2 Å². The standard InChI is InChI=1S/C23H39N3O4/c1-23(2,3)30-21(27)25-14-8-18(9-15-25)24-12-10-19(11-13-24)26-20-7-5-4-6-17(20)16-29-22(26)28/h17-20H,4-16H2,1-3H3/t17-,20+/m0/s1. The topological polar surface area (TPSA) is 62.3 Å². The average Bonchev–Trinajstić information content (AvgIpc) is 2.73. The van der Waals surface area contributed by atoms with Crippen LogP contribution in [0.3, 0.4) is 0 Å². The molecular formula is C23H39N3O4. The largest absolute Gasteiger partial charge is 0.449 e. The zero-order valence-electron chi connectivity index (χ0n) is 19.0. The van der Waals surface area contributed by atoms with Crippen LogP contribution >= 0.6 is 0 Å². The van der Waals surface area contributed by atoms with Gasteiger partial charge in [-0.1, -0.05) is 12.8 Å². The Balaban J connectivity index is 1.26. The molecule has 3 saturated heterocycles. The van der Waals surface area contributed by atoms with E-state index in [0.29, 0.717) is 30.7 Å². The number of hydrogen-bond acceptors (Lipinski definition) is 5. The molecular weight excluding hydrogens is 382 g/mol. The minimum atomic E-state index is -0.442. The molecule has 2 amide bonds. The molecule has 0 N–H and O–H groups in total. The highest BCUT2D eigenvalue weighted by molar-refractivity contribution is 5.69. The smallest absolute Gasteiger partial charge is 0.410 e. The van der Waals surface area contributed by atoms with E-state index in [1.165, 1.54) is 19.3 Å². The second kappa shape index (κ2) is 8.93. The number of hydrogen-bond donors (Lipinski definition) is 0. The van der Waals surface area contributed by atoms with Crippen LogP contribution in [0.1, 0.15) is 72.1 Å². The summed E-state index contributed by atoms with van der Waals surface area (Å²) in [5.74, 6) is 0.534. The van der Waals surface area contributed by atoms with Gasteiger partial charge in [-0.05, 0) is 59.3 Å². The lowest BCUT2D eigenvalue weighted by Gasteiger charge is -2.49. The van der Waals surface area contributed by atoms with Crippen LogP contribution in [0.4, 0.5) is 9.59 Å². The highest BCUT2D eigenvalue weighted by atomic mass is 16.6. The number of likely N-dealkylation sites (tertiary alicyclic amines) is 2. The molecule has 0 aromatic rings. The number of fused-ring (bicyclic) bond motifs is 1. The van der Waals surface area contributed by atoms with E-state index < -0.39 is 5.60 Å². The van der Waals surface area contributed by atoms with Gasteiger partial charge >= 0.3 is 12.2 Å². The van der Waals surface area contributed by atoms with Crippen LogP contribution in [0.2, 0.25) is 0 Å². The van der Waals surface area contributed by atoms with Gasteiger partial charge in [-0.15, -0.1) is 0 Å². The number of carbonyl (C=O) groups excluding carboxylic acids is 2. The van der Waals surface area contributed by atoms with Gasteiger partial charge < -0.3 is 24.2 Å². The van der Waals surface area contributed by atoms with Crippen molar-refractivity contribution in [2.24, 2.45) is 5.92 Å². The number of ether oxygens (including phenoxy) is 2. The Hall–Kier alpha value is -1.50. The Morgan fingerprint density at radius 2 is 1.57 bits per heavy atom. The molecule has 0 bridgehead atoms. The van der Waals surface area contributed by atoms with E-state index in [0.717, 1.165) is 58.3 Å². The number of carbonyl (C=O) groups is 2. The summed E-state index contributed by atoms with van der Waals surface area (Å²) in [6, 6.07) is 1.25. The highest BCUT2D eigenvalue weighted by Crippen LogP contribution is 2.36. The molecule has 3 heterocycles. The van der Waals surface area contributed by atoms with Crippen molar-refractivity contribution >= 4 is 12.2 Å². The molecule has 4 aliphatic rings. The van der Waals surface area contributed by atoms with Crippen molar-refractivity contribution in [2.75, 3.05) is 32.8 Å². The zero-order valence-corrected chi connectivity index (χ0v) is 19.0. The predicted molar refractivity (Wildman–Crippen MR) is 114 cm³/mol. The number of rotatable bonds is 2. The maximum absolute atomic E-state index is 12.6. The molecule has 7 heteroatoms. The van der Waals surface area contributed by atoms with Gasteiger partial charge in [0.2, 0.25) is 0 Å². The van der Waals surface area contributed by atoms with Crippen molar-refractivity contribution in [1.29, 1.82) is 0 Å². The molecule has 3 aliphatic heterocycles. The molecule has 0 radical (unpaired) electrons. The van der Waals surface area contributed by atoms with E-state index in [9.17, 15) is 9.59 Å². The Labute approximate surface area is 181 Å². The molecule has 1 aliphatic carbocycles. The third-order valence-electron chi connectivity index (χ3n) is 7.38. The second-order valence-corrected chi connectivity index (χ2v) is 10.6. The predicted octanol–water partition coefficient (Wildman–Crippen LogP) is 3.86. The van der Waals surface area contributed by atoms with Crippen molar-refractivity contribution in [3.8, 4) is 0 Å². The van der Waals surface area contributed by atoms with Crippen molar-refractivity contribution in [3.05, 3.63) is 0 Å². The monoisotopic (exact) mass is 421 g/mol. The molecule has 170 valence electrons. The molecule has 30 heavy (non-hydrogen) atoms. The van der Waals surface area contributed by atoms with E-state index >= 15 is 0 Å². The molecule has 4 fully saturated rings. The summed E-state index contributed by atoms with van der Waals surface area (Å²) in [5.41, 5.74) is -0.442. The molecule has 0 aromatic carbocycles. The molecule has 2 atom stereocenters. The lowest BCUT2D eigenvalue weighted by molar-refractivity contribution is -0.0411. The first-order valence-electron chi connectivity index (χ1n) is 12.0. The molecule has 0 spiro atoms. The minimum Gasteiger partial charge on any atom is -0.449 e. The summed E-state index contributed by atoms with van der Waals surface area (Å²) < 4.78 is 11.1. The fourth-order valence-electron chi connectivity index (χ4n) is 5.83. The summed E-state index contributed by atoms with van der Waals surface area (Å²) in [7, 11) is 0. The van der Waals surface area contributed by atoms with Gasteiger partial charge in [-0.3, -0.25) is 0 Å². The van der Waals surface area contributed by atoms with Gasteiger partial charge in [0.25, 0.3) is 0 Å². The van der Waals surface area contributed by atoms with Gasteiger partial charge in [0.15, 0.2) is 0 Å². The van der Waals surface area contributed by atoms with Crippen molar-refractivity contribution in [2.45, 2.75) is 95.9 Å². The van der Waals surface area contributed by atoms with Crippen LogP contribution in [-0.4, -0.2) is 83.4 Å². The SMILES string of the molecule is CC(C)(C)OC(=O)N1CCC(N2CCC(N3C(=O)OC[C@@H]4CCCC[C@H]43)CC2)CC1. The van der Waals surface area contributed by atoms with E-state index in [4.69, 9.17) is 9.47 Å². The van der Waals surface area contributed by atoms with E-state index in [1.807, 2.05) is 25.7 Å². The van der Waals surface area contributed by atoms with Crippen molar-refractivity contribution in [1.82, 2.24) is 14.7 Å². The summed E-state index contributed by atoms with van der Waals surface area (Å²) >= 11 is 0. The number of piperidine rings is 2. The first-order chi connectivity index (χ1) is 14.3. The normalized spacial score (nSPS) is 30.0. The third kappa shape index (κ3) is 4.87. The maximum atomic E-state index is 12.6. The van der Waals surface area contributed by atoms with E-state index in [2.05, 4.69) is 9.80 Å². The molecule has 7 nitrogen and oxygen atoms in total. The summed E-state index contributed by atoms with van der Waals surface area (Å²) in [4.78, 5) is 31.4. The quantitative estimate of drug-likeness (QED) is 0.677. The fourth-order valence-corrected chi connectivity index (χ4v) is 5.83. The Bertz CT molecular complexity index is 618. The van der Waals surface area contributed by atoms with Gasteiger partial charge in [0, 0.05) is 50.2 Å². The van der Waals surface area contributed by atoms with Gasteiger partial charge in [0.1, 0.15) is 5.60 Å². The summed E-state index contributed by atoms with van der Waals surface area (Å²) in [5, 5.41) is 0. The van der Waals surface area contributed by atoms with Gasteiger partial charge in [0.05, 0.1) is 6.61 Å². The molecule has 4 rings (SSSR count). The Morgan fingerprint density at radius 1 is 0.933 bits per heavy atom. The van der Waals surface area contributed by atoms with Crippen LogP contribution in [0, 0.1) is 5.92 Å². The zero-order chi connectivity index (χ0) is 21.3. The van der Waals surface area contributed by atoms with Crippen LogP contribution in [0.25, 0.3) is 0 Å². The van der Waals surface area contributed by atoms with Crippen LogP contribution in [-0.2, 0) is 9.47 Å². The lowest BCUT2D eigenvalue weighted by Crippen LogP contribution is -2.59. The molecule has 0 unspecified atom stereocenters. The van der Waals surface area contributed by atoms with Gasteiger partial charge in [-0.2, -0.15) is 0 Å². The first kappa shape index (κ1) is 21.7. The second-order valence-electron chi connectivity index (χ2n) is 10.6. The summed E-state index contributed by atoms with van der Waals surface area (Å²) in [6.45, 7) is 9.95. The Kier molecular flexibility index (Phi) is 6.47. The molecule has 1 saturated carbocycles. The average molecular weight is 422 g/mol. The molecule has 0 aromatic heterocycles. The van der Waals surface area contributed by atoms with Crippen molar-refractivity contribution < 1.29 is 19.1 Å². The van der Waals surface area contributed by atoms with Crippen molar-refractivity contribution in [3.63, 3.8) is 0 Å². The number of amides is 2. The third-order valence-corrected chi connectivity index (χ3v) is 7.38. The number of nitrogens with zero attached hydrogens (tertiary/aromatic N) is 3. The van der Waals surface area contributed by atoms with Crippen LogP contribution < -0.4 is 0 Å². The maximum Gasteiger partial charge on any atom is 0.410 e. The Morgan fingerprint density at radius 3 is 2.23 bits per heavy atom. The summed E-state index contributed by atoms with van der Waals surface area (Å²) in [6.07, 6.45) is 8.64. The number of cyclic esters (lactones) is 1. The first-order valence-corrected chi connectivity index (χ1v) is 12.0. The highest BCUT2D eigenvalue weighted by Gasteiger charge is 2.43. The lowest BCUT2D eigenvalue weighted by atomic mass is 9.82. The minimum absolute atomic E-state index is 0.0812.